The Morgan fingerprint density at radius 1 is 1.04 bits per heavy atom. The molecular formula is C20H25NO3. The molecule has 0 aliphatic rings. The molecule has 1 N–H and O–H groups in total. The first-order chi connectivity index (χ1) is 11.6. The maximum atomic E-state index is 12.3. The minimum absolute atomic E-state index is 0.155. The van der Waals surface area contributed by atoms with Crippen molar-refractivity contribution in [1.82, 2.24) is 0 Å². The zero-order valence-electron chi connectivity index (χ0n) is 14.5. The Kier molecular flexibility index (Phi) is 6.67. The highest BCUT2D eigenvalue weighted by atomic mass is 16.5. The Morgan fingerprint density at radius 3 is 2.46 bits per heavy atom. The van der Waals surface area contributed by atoms with E-state index in [4.69, 9.17) is 9.47 Å². The maximum absolute atomic E-state index is 12.3. The molecule has 0 bridgehead atoms. The standard InChI is InChI=1S/C20H25NO3/c1-4-12-23-18-10-8-16(9-11-18)20(22)21-17-6-5-7-19(13-17)24-14-15(2)3/h5-11,13,15H,4,12,14H2,1-3H3,(H,21,22). The molecule has 1 amide bonds. The van der Waals surface area contributed by atoms with Gasteiger partial charge < -0.3 is 14.8 Å². The van der Waals surface area contributed by atoms with E-state index in [0.717, 1.165) is 17.9 Å². The van der Waals surface area contributed by atoms with Crippen LogP contribution in [0.3, 0.4) is 0 Å². The number of amides is 1. The van der Waals surface area contributed by atoms with Gasteiger partial charge >= 0.3 is 0 Å². The van der Waals surface area contributed by atoms with Gasteiger partial charge in [-0.25, -0.2) is 0 Å². The molecular weight excluding hydrogens is 302 g/mol. The van der Waals surface area contributed by atoms with Gasteiger partial charge in [0.15, 0.2) is 0 Å². The quantitative estimate of drug-likeness (QED) is 0.760. The number of carbonyl (C=O) groups is 1. The topological polar surface area (TPSA) is 47.6 Å². The van der Waals surface area contributed by atoms with E-state index < -0.39 is 0 Å². The molecule has 0 aliphatic heterocycles. The smallest absolute Gasteiger partial charge is 0.255 e. The molecule has 0 heterocycles. The summed E-state index contributed by atoms with van der Waals surface area (Å²) in [6.07, 6.45) is 0.956. The van der Waals surface area contributed by atoms with Gasteiger partial charge in [0.25, 0.3) is 5.91 Å². The molecule has 0 saturated heterocycles. The van der Waals surface area contributed by atoms with Crippen LogP contribution in [0.5, 0.6) is 11.5 Å². The SMILES string of the molecule is CCCOc1ccc(C(=O)Nc2cccc(OCC(C)C)c2)cc1. The predicted molar refractivity (Wildman–Crippen MR) is 97.0 cm³/mol. The first-order valence-corrected chi connectivity index (χ1v) is 8.35. The van der Waals surface area contributed by atoms with E-state index in [-0.39, 0.29) is 5.91 Å². The summed E-state index contributed by atoms with van der Waals surface area (Å²) in [4.78, 5) is 12.3. The molecule has 2 aromatic rings. The normalized spacial score (nSPS) is 10.5. The van der Waals surface area contributed by atoms with Crippen LogP contribution in [0.2, 0.25) is 0 Å². The van der Waals surface area contributed by atoms with Crippen LogP contribution in [0, 0.1) is 5.92 Å². The van der Waals surface area contributed by atoms with Gasteiger partial charge in [0.2, 0.25) is 0 Å². The van der Waals surface area contributed by atoms with Crippen molar-refractivity contribution >= 4 is 11.6 Å². The van der Waals surface area contributed by atoms with Crippen molar-refractivity contribution in [1.29, 1.82) is 0 Å². The van der Waals surface area contributed by atoms with Crippen LogP contribution in [-0.4, -0.2) is 19.1 Å². The lowest BCUT2D eigenvalue weighted by molar-refractivity contribution is 0.102. The summed E-state index contributed by atoms with van der Waals surface area (Å²) < 4.78 is 11.2. The van der Waals surface area contributed by atoms with E-state index in [1.165, 1.54) is 0 Å². The molecule has 128 valence electrons. The summed E-state index contributed by atoms with van der Waals surface area (Å²) in [6, 6.07) is 14.6. The van der Waals surface area contributed by atoms with Crippen LogP contribution in [-0.2, 0) is 0 Å². The van der Waals surface area contributed by atoms with E-state index in [1.807, 2.05) is 36.4 Å². The van der Waals surface area contributed by atoms with Gasteiger partial charge in [0.1, 0.15) is 11.5 Å². The second kappa shape index (κ2) is 8.96. The number of hydrogen-bond acceptors (Lipinski definition) is 3. The lowest BCUT2D eigenvalue weighted by Crippen LogP contribution is -2.12. The molecule has 0 fully saturated rings. The fourth-order valence-corrected chi connectivity index (χ4v) is 2.05. The molecule has 0 radical (unpaired) electrons. The zero-order chi connectivity index (χ0) is 17.4. The second-order valence-electron chi connectivity index (χ2n) is 6.06. The summed E-state index contributed by atoms with van der Waals surface area (Å²) in [5.74, 6) is 1.83. The van der Waals surface area contributed by atoms with Gasteiger partial charge in [-0.1, -0.05) is 26.8 Å². The number of benzene rings is 2. The fraction of sp³-hybridized carbons (Fsp3) is 0.350. The van der Waals surface area contributed by atoms with E-state index >= 15 is 0 Å². The van der Waals surface area contributed by atoms with Crippen LogP contribution in [0.4, 0.5) is 5.69 Å². The Balaban J connectivity index is 1.97. The molecule has 4 heteroatoms. The Labute approximate surface area is 143 Å². The number of nitrogens with one attached hydrogen (secondary N) is 1. The van der Waals surface area contributed by atoms with Gasteiger partial charge in [-0.15, -0.1) is 0 Å². The van der Waals surface area contributed by atoms with Crippen molar-refractivity contribution in [3.63, 3.8) is 0 Å². The first-order valence-electron chi connectivity index (χ1n) is 8.35. The monoisotopic (exact) mass is 327 g/mol. The lowest BCUT2D eigenvalue weighted by Gasteiger charge is -2.11. The second-order valence-corrected chi connectivity index (χ2v) is 6.06. The molecule has 2 aromatic carbocycles. The number of ether oxygens (including phenoxy) is 2. The molecule has 0 aromatic heterocycles. The number of rotatable bonds is 8. The molecule has 2 rings (SSSR count). The first kappa shape index (κ1) is 17.9. The Bertz CT molecular complexity index is 650. The highest BCUT2D eigenvalue weighted by molar-refractivity contribution is 6.04. The van der Waals surface area contributed by atoms with Crippen molar-refractivity contribution in [2.24, 2.45) is 5.92 Å². The molecule has 0 atom stereocenters. The van der Waals surface area contributed by atoms with Crippen LogP contribution in [0.25, 0.3) is 0 Å². The number of hydrogen-bond donors (Lipinski definition) is 1. The summed E-state index contributed by atoms with van der Waals surface area (Å²) in [7, 11) is 0. The lowest BCUT2D eigenvalue weighted by atomic mass is 10.2. The zero-order valence-corrected chi connectivity index (χ0v) is 14.5. The van der Waals surface area contributed by atoms with Crippen LogP contribution in [0.1, 0.15) is 37.6 Å². The van der Waals surface area contributed by atoms with Gasteiger partial charge in [-0.3, -0.25) is 4.79 Å². The molecule has 4 nitrogen and oxygen atoms in total. The largest absolute Gasteiger partial charge is 0.494 e. The summed E-state index contributed by atoms with van der Waals surface area (Å²) >= 11 is 0. The third-order valence-corrected chi connectivity index (χ3v) is 3.26. The average Bonchev–Trinajstić information content (AvgIpc) is 2.59. The Hall–Kier alpha value is -2.49. The maximum Gasteiger partial charge on any atom is 0.255 e. The minimum Gasteiger partial charge on any atom is -0.494 e. The van der Waals surface area contributed by atoms with Gasteiger partial charge in [-0.2, -0.15) is 0 Å². The third-order valence-electron chi connectivity index (χ3n) is 3.26. The van der Waals surface area contributed by atoms with Crippen molar-refractivity contribution in [3.8, 4) is 11.5 Å². The highest BCUT2D eigenvalue weighted by Gasteiger charge is 2.07. The van der Waals surface area contributed by atoms with E-state index in [1.54, 1.807) is 12.1 Å². The molecule has 0 aliphatic carbocycles. The van der Waals surface area contributed by atoms with Crippen molar-refractivity contribution in [2.45, 2.75) is 27.2 Å². The highest BCUT2D eigenvalue weighted by Crippen LogP contribution is 2.19. The van der Waals surface area contributed by atoms with Gasteiger partial charge in [-0.05, 0) is 48.7 Å². The van der Waals surface area contributed by atoms with Gasteiger partial charge in [0.05, 0.1) is 13.2 Å². The summed E-state index contributed by atoms with van der Waals surface area (Å²) in [6.45, 7) is 7.57. The average molecular weight is 327 g/mol. The van der Waals surface area contributed by atoms with Gasteiger partial charge in [0, 0.05) is 17.3 Å². The number of anilines is 1. The van der Waals surface area contributed by atoms with E-state index in [2.05, 4.69) is 26.1 Å². The van der Waals surface area contributed by atoms with Crippen LogP contribution < -0.4 is 14.8 Å². The predicted octanol–water partition coefficient (Wildman–Crippen LogP) is 4.76. The third kappa shape index (κ3) is 5.61. The van der Waals surface area contributed by atoms with E-state index in [0.29, 0.717) is 30.4 Å². The molecule has 0 spiro atoms. The summed E-state index contributed by atoms with van der Waals surface area (Å²) in [5, 5.41) is 2.89. The fourth-order valence-electron chi connectivity index (χ4n) is 2.05. The minimum atomic E-state index is -0.155. The molecule has 0 saturated carbocycles. The molecule has 24 heavy (non-hydrogen) atoms. The van der Waals surface area contributed by atoms with Crippen LogP contribution in [0.15, 0.2) is 48.5 Å². The molecule has 0 unspecified atom stereocenters. The Morgan fingerprint density at radius 2 is 1.79 bits per heavy atom. The van der Waals surface area contributed by atoms with Crippen LogP contribution >= 0.6 is 0 Å². The summed E-state index contributed by atoms with van der Waals surface area (Å²) in [5.41, 5.74) is 1.31. The van der Waals surface area contributed by atoms with E-state index in [9.17, 15) is 4.79 Å². The van der Waals surface area contributed by atoms with Crippen molar-refractivity contribution < 1.29 is 14.3 Å². The number of carbonyl (C=O) groups excluding carboxylic acids is 1. The van der Waals surface area contributed by atoms with Crippen molar-refractivity contribution in [2.75, 3.05) is 18.5 Å². The van der Waals surface area contributed by atoms with Crippen molar-refractivity contribution in [3.05, 3.63) is 54.1 Å².